The maximum Gasteiger partial charge on any atom is -0.0389 e. The zero-order chi connectivity index (χ0) is 14.1. The fourth-order valence-electron chi connectivity index (χ4n) is 3.74. The van der Waals surface area contributed by atoms with Gasteiger partial charge in [0.1, 0.15) is 0 Å². The van der Waals surface area contributed by atoms with Gasteiger partial charge in [-0.1, -0.05) is 91.9 Å². The van der Waals surface area contributed by atoms with Crippen molar-refractivity contribution in [3.63, 3.8) is 0 Å². The van der Waals surface area contributed by atoms with Crippen molar-refractivity contribution in [2.75, 3.05) is 0 Å². The molecule has 114 valence electrons. The number of rotatable bonds is 1. The third-order valence-electron chi connectivity index (χ3n) is 5.31. The van der Waals surface area contributed by atoms with Gasteiger partial charge in [-0.05, 0) is 30.1 Å². The second-order valence-electron chi connectivity index (χ2n) is 7.73. The van der Waals surface area contributed by atoms with Crippen LogP contribution in [0.5, 0.6) is 0 Å². The smallest absolute Gasteiger partial charge is 0.0389 e. The Bertz CT molecular complexity index is 206. The van der Waals surface area contributed by atoms with Crippen LogP contribution in [0.3, 0.4) is 0 Å². The maximum atomic E-state index is 2.49. The van der Waals surface area contributed by atoms with E-state index in [1.807, 2.05) is 0 Å². The minimum absolute atomic E-state index is 0.885. The van der Waals surface area contributed by atoms with Gasteiger partial charge >= 0.3 is 0 Å². The topological polar surface area (TPSA) is 0 Å². The van der Waals surface area contributed by atoms with Crippen molar-refractivity contribution in [2.45, 2.75) is 98.3 Å². The van der Waals surface area contributed by atoms with Gasteiger partial charge in [0.25, 0.3) is 0 Å². The lowest BCUT2D eigenvalue weighted by Crippen LogP contribution is -2.13. The first kappa shape index (κ1) is 17.1. The summed E-state index contributed by atoms with van der Waals surface area (Å²) in [5.74, 6) is 3.79. The molecule has 0 saturated heterocycles. The molecule has 0 aliphatic heterocycles. The van der Waals surface area contributed by atoms with E-state index in [2.05, 4.69) is 27.7 Å². The summed E-state index contributed by atoms with van der Waals surface area (Å²) in [6, 6.07) is 0. The predicted octanol–water partition coefficient (Wildman–Crippen LogP) is 6.84. The molecule has 0 heterocycles. The van der Waals surface area contributed by atoms with E-state index in [4.69, 9.17) is 0 Å². The lowest BCUT2D eigenvalue weighted by atomic mass is 9.81. The first-order chi connectivity index (χ1) is 9.09. The van der Waals surface area contributed by atoms with Crippen molar-refractivity contribution < 1.29 is 0 Å². The Morgan fingerprint density at radius 1 is 0.632 bits per heavy atom. The second-order valence-corrected chi connectivity index (χ2v) is 7.73. The molecule has 0 aromatic heterocycles. The fourth-order valence-corrected chi connectivity index (χ4v) is 3.74. The highest BCUT2D eigenvalue weighted by atomic mass is 14.2. The molecule has 0 amide bonds. The van der Waals surface area contributed by atoms with E-state index in [0.29, 0.717) is 0 Å². The van der Waals surface area contributed by atoms with Gasteiger partial charge in [-0.15, -0.1) is 0 Å². The summed E-state index contributed by atoms with van der Waals surface area (Å²) in [5, 5.41) is 0. The monoisotopic (exact) mass is 266 g/mol. The van der Waals surface area contributed by atoms with Gasteiger partial charge in [-0.3, -0.25) is 0 Å². The molecule has 0 bridgehead atoms. The van der Waals surface area contributed by atoms with Crippen molar-refractivity contribution in [3.8, 4) is 0 Å². The zero-order valence-corrected chi connectivity index (χ0v) is 14.1. The Kier molecular flexibility index (Phi) is 8.83. The highest BCUT2D eigenvalue weighted by molar-refractivity contribution is 4.68. The molecule has 0 radical (unpaired) electrons. The summed E-state index contributed by atoms with van der Waals surface area (Å²) in [6.45, 7) is 9.82. The van der Waals surface area contributed by atoms with Gasteiger partial charge in [-0.25, -0.2) is 0 Å². The van der Waals surface area contributed by atoms with Crippen molar-refractivity contribution in [1.82, 2.24) is 0 Å². The largest absolute Gasteiger partial charge is 0.0625 e. The van der Waals surface area contributed by atoms with Crippen LogP contribution in [0.1, 0.15) is 98.3 Å². The van der Waals surface area contributed by atoms with E-state index in [1.54, 1.807) is 0 Å². The Morgan fingerprint density at radius 2 is 1.11 bits per heavy atom. The number of hydrogen-bond acceptors (Lipinski definition) is 0. The van der Waals surface area contributed by atoms with Crippen LogP contribution < -0.4 is 0 Å². The van der Waals surface area contributed by atoms with Gasteiger partial charge in [0.05, 0.1) is 0 Å². The van der Waals surface area contributed by atoms with E-state index in [-0.39, 0.29) is 0 Å². The first-order valence-electron chi connectivity index (χ1n) is 9.09. The summed E-state index contributed by atoms with van der Waals surface area (Å²) in [4.78, 5) is 0. The fraction of sp³-hybridized carbons (Fsp3) is 1.00. The molecule has 0 N–H and O–H groups in total. The Morgan fingerprint density at radius 3 is 1.68 bits per heavy atom. The summed E-state index contributed by atoms with van der Waals surface area (Å²) >= 11 is 0. The molecule has 1 saturated carbocycles. The summed E-state index contributed by atoms with van der Waals surface area (Å²) < 4.78 is 0. The van der Waals surface area contributed by atoms with Crippen molar-refractivity contribution in [2.24, 2.45) is 23.7 Å². The van der Waals surface area contributed by atoms with Gasteiger partial charge < -0.3 is 0 Å². The molecule has 0 aromatic carbocycles. The third kappa shape index (κ3) is 8.00. The van der Waals surface area contributed by atoms with E-state index >= 15 is 0 Å². The van der Waals surface area contributed by atoms with Gasteiger partial charge in [0.15, 0.2) is 0 Å². The molecule has 1 fully saturated rings. The highest BCUT2D eigenvalue weighted by Crippen LogP contribution is 2.29. The molecule has 0 aromatic rings. The summed E-state index contributed by atoms with van der Waals surface area (Å²) in [6.07, 6.45) is 16.2. The molecule has 19 heavy (non-hydrogen) atoms. The van der Waals surface area contributed by atoms with E-state index in [0.717, 1.165) is 23.7 Å². The molecular formula is C19H38. The lowest BCUT2D eigenvalue weighted by Gasteiger charge is -2.25. The third-order valence-corrected chi connectivity index (χ3v) is 5.31. The maximum absolute atomic E-state index is 2.49. The van der Waals surface area contributed by atoms with E-state index < -0.39 is 0 Å². The Hall–Kier alpha value is 0. The van der Waals surface area contributed by atoms with Crippen LogP contribution in [0.15, 0.2) is 0 Å². The quantitative estimate of drug-likeness (QED) is 0.487. The van der Waals surface area contributed by atoms with Crippen LogP contribution in [0, 0.1) is 23.7 Å². The molecule has 1 aliphatic rings. The van der Waals surface area contributed by atoms with Gasteiger partial charge in [0, 0.05) is 0 Å². The first-order valence-corrected chi connectivity index (χ1v) is 9.09. The lowest BCUT2D eigenvalue weighted by molar-refractivity contribution is 0.267. The second kappa shape index (κ2) is 9.83. The molecule has 3 atom stereocenters. The molecular weight excluding hydrogens is 228 g/mol. The van der Waals surface area contributed by atoms with Crippen molar-refractivity contribution >= 4 is 0 Å². The van der Waals surface area contributed by atoms with Gasteiger partial charge in [0.2, 0.25) is 0 Å². The van der Waals surface area contributed by atoms with Crippen LogP contribution in [-0.2, 0) is 0 Å². The molecule has 1 aliphatic carbocycles. The minimum Gasteiger partial charge on any atom is -0.0625 e. The van der Waals surface area contributed by atoms with E-state index in [1.165, 1.54) is 70.6 Å². The van der Waals surface area contributed by atoms with Crippen molar-refractivity contribution in [3.05, 3.63) is 0 Å². The average Bonchev–Trinajstić information content (AvgIpc) is 2.36. The highest BCUT2D eigenvalue weighted by Gasteiger charge is 2.17. The van der Waals surface area contributed by atoms with Crippen LogP contribution in [-0.4, -0.2) is 0 Å². The molecule has 1 rings (SSSR count). The van der Waals surface area contributed by atoms with Crippen LogP contribution in [0.25, 0.3) is 0 Å². The van der Waals surface area contributed by atoms with Gasteiger partial charge in [-0.2, -0.15) is 0 Å². The normalized spacial score (nSPS) is 33.0. The Balaban J connectivity index is 2.41. The molecule has 0 spiro atoms. The Labute approximate surface area is 122 Å². The van der Waals surface area contributed by atoms with Crippen LogP contribution >= 0.6 is 0 Å². The average molecular weight is 267 g/mol. The molecule has 0 heteroatoms. The SMILES string of the molecule is CC1CCCCCCC(C(C)C)CC(C)CCCC1. The van der Waals surface area contributed by atoms with E-state index in [9.17, 15) is 0 Å². The minimum atomic E-state index is 0.885. The van der Waals surface area contributed by atoms with Crippen molar-refractivity contribution in [1.29, 1.82) is 0 Å². The number of hydrogen-bond donors (Lipinski definition) is 0. The zero-order valence-electron chi connectivity index (χ0n) is 14.1. The predicted molar refractivity (Wildman–Crippen MR) is 87.4 cm³/mol. The summed E-state index contributed by atoms with van der Waals surface area (Å²) in [7, 11) is 0. The van der Waals surface area contributed by atoms with Crippen LogP contribution in [0.4, 0.5) is 0 Å². The molecule has 3 unspecified atom stereocenters. The standard InChI is InChI=1S/C19H38/c1-16(2)19-14-8-6-5-7-11-17(3)12-9-10-13-18(4)15-19/h16-19H,5-15H2,1-4H3. The van der Waals surface area contributed by atoms with Crippen LogP contribution in [0.2, 0.25) is 0 Å². The summed E-state index contributed by atoms with van der Waals surface area (Å²) in [5.41, 5.74) is 0. The molecule has 0 nitrogen and oxygen atoms in total.